The Kier molecular flexibility index (Phi) is 4.36. The lowest BCUT2D eigenvalue weighted by molar-refractivity contribution is 0.487. The average molecular weight is 209 g/mol. The van der Waals surface area contributed by atoms with Crippen LogP contribution in [-0.2, 0) is 0 Å². The van der Waals surface area contributed by atoms with Crippen LogP contribution >= 0.6 is 11.3 Å². The molecule has 1 nitrogen and oxygen atoms in total. The summed E-state index contributed by atoms with van der Waals surface area (Å²) in [4.78, 5) is 2.79. The third kappa shape index (κ3) is 3.28. The smallest absolute Gasteiger partial charge is 0.0388 e. The lowest BCUT2D eigenvalue weighted by Gasteiger charge is -2.17. The van der Waals surface area contributed by atoms with Crippen molar-refractivity contribution in [2.24, 2.45) is 0 Å². The van der Waals surface area contributed by atoms with Crippen LogP contribution in [0.2, 0.25) is 0 Å². The number of nitrogens with one attached hydrogen (secondary N) is 1. The summed E-state index contributed by atoms with van der Waals surface area (Å²) in [5.41, 5.74) is 0. The van der Waals surface area contributed by atoms with Gasteiger partial charge in [0.1, 0.15) is 0 Å². The zero-order valence-corrected chi connectivity index (χ0v) is 10.0. The maximum atomic E-state index is 3.75. The Hall–Kier alpha value is -0.600. The Morgan fingerprint density at radius 2 is 2.21 bits per heavy atom. The van der Waals surface area contributed by atoms with Crippen LogP contribution in [0, 0.1) is 6.92 Å². The molecule has 1 heterocycles. The van der Waals surface area contributed by atoms with Gasteiger partial charge in [0.25, 0.3) is 0 Å². The van der Waals surface area contributed by atoms with Gasteiger partial charge in [-0.15, -0.1) is 17.9 Å². The van der Waals surface area contributed by atoms with E-state index in [1.807, 2.05) is 17.4 Å². The van der Waals surface area contributed by atoms with Gasteiger partial charge in [0.2, 0.25) is 0 Å². The van der Waals surface area contributed by atoms with E-state index in [1.165, 1.54) is 9.75 Å². The highest BCUT2D eigenvalue weighted by Gasteiger charge is 2.09. The highest BCUT2D eigenvalue weighted by Crippen LogP contribution is 2.22. The fourth-order valence-corrected chi connectivity index (χ4v) is 2.40. The summed E-state index contributed by atoms with van der Waals surface area (Å²) in [5, 5.41) is 3.55. The molecule has 1 rings (SSSR count). The molecule has 1 aromatic heterocycles. The molecule has 0 aliphatic carbocycles. The van der Waals surface area contributed by atoms with Crippen molar-refractivity contribution < 1.29 is 0 Å². The van der Waals surface area contributed by atoms with E-state index >= 15 is 0 Å². The second-order valence-electron chi connectivity index (χ2n) is 3.76. The van der Waals surface area contributed by atoms with Crippen molar-refractivity contribution >= 4 is 11.3 Å². The van der Waals surface area contributed by atoms with Gasteiger partial charge in [0.05, 0.1) is 0 Å². The van der Waals surface area contributed by atoms with E-state index < -0.39 is 0 Å². The number of rotatable bonds is 5. The first-order valence-corrected chi connectivity index (χ1v) is 5.88. The van der Waals surface area contributed by atoms with Crippen LogP contribution in [0.4, 0.5) is 0 Å². The van der Waals surface area contributed by atoms with Crippen molar-refractivity contribution in [3.05, 3.63) is 34.5 Å². The van der Waals surface area contributed by atoms with E-state index in [0.29, 0.717) is 12.1 Å². The third-order valence-electron chi connectivity index (χ3n) is 2.24. The quantitative estimate of drug-likeness (QED) is 0.730. The summed E-state index contributed by atoms with van der Waals surface area (Å²) in [6.07, 6.45) is 2.98. The predicted molar refractivity (Wildman–Crippen MR) is 64.9 cm³/mol. The van der Waals surface area contributed by atoms with Crippen LogP contribution in [-0.4, -0.2) is 6.04 Å². The molecule has 14 heavy (non-hydrogen) atoms. The number of thiophene rings is 1. The summed E-state index contributed by atoms with van der Waals surface area (Å²) in [6.45, 7) is 10.3. The number of hydrogen-bond donors (Lipinski definition) is 1. The van der Waals surface area contributed by atoms with Crippen molar-refractivity contribution in [2.75, 3.05) is 0 Å². The van der Waals surface area contributed by atoms with Crippen LogP contribution in [0.1, 0.15) is 36.1 Å². The molecule has 1 N–H and O–H groups in total. The van der Waals surface area contributed by atoms with Gasteiger partial charge in [0, 0.05) is 21.8 Å². The minimum Gasteiger partial charge on any atom is -0.307 e. The van der Waals surface area contributed by atoms with Gasteiger partial charge in [-0.2, -0.15) is 0 Å². The van der Waals surface area contributed by atoms with Crippen molar-refractivity contribution in [3.63, 3.8) is 0 Å². The molecule has 0 bridgehead atoms. The third-order valence-corrected chi connectivity index (χ3v) is 3.43. The van der Waals surface area contributed by atoms with E-state index in [9.17, 15) is 0 Å². The van der Waals surface area contributed by atoms with E-state index in [2.05, 4.69) is 44.8 Å². The molecule has 2 unspecified atom stereocenters. The fourth-order valence-electron chi connectivity index (χ4n) is 1.51. The summed E-state index contributed by atoms with van der Waals surface area (Å²) in [5.74, 6) is 0. The normalized spacial score (nSPS) is 15.1. The molecule has 0 saturated heterocycles. The standard InChI is InChI=1S/C12H19NS/c1-5-6-9(2)13-11(4)12-8-7-10(3)14-12/h5,7-9,11,13H,1,6H2,2-4H3. The molecule has 0 spiro atoms. The lowest BCUT2D eigenvalue weighted by Crippen LogP contribution is -2.27. The SMILES string of the molecule is C=CCC(C)NC(C)c1ccc(C)s1. The Labute approximate surface area is 90.9 Å². The van der Waals surface area contributed by atoms with Crippen molar-refractivity contribution in [3.8, 4) is 0 Å². The molecular weight excluding hydrogens is 190 g/mol. The number of aryl methyl sites for hydroxylation is 1. The molecule has 0 fully saturated rings. The van der Waals surface area contributed by atoms with E-state index in [1.54, 1.807) is 0 Å². The summed E-state index contributed by atoms with van der Waals surface area (Å²) >= 11 is 1.87. The lowest BCUT2D eigenvalue weighted by atomic mass is 10.2. The molecule has 0 aliphatic rings. The van der Waals surface area contributed by atoms with Crippen LogP contribution < -0.4 is 5.32 Å². The second kappa shape index (κ2) is 5.32. The molecule has 0 radical (unpaired) electrons. The zero-order valence-electron chi connectivity index (χ0n) is 9.21. The van der Waals surface area contributed by atoms with Gasteiger partial charge in [-0.3, -0.25) is 0 Å². The highest BCUT2D eigenvalue weighted by molar-refractivity contribution is 7.12. The molecule has 78 valence electrons. The molecule has 0 saturated carbocycles. The second-order valence-corrected chi connectivity index (χ2v) is 5.08. The average Bonchev–Trinajstić information content (AvgIpc) is 2.52. The molecule has 2 heteroatoms. The van der Waals surface area contributed by atoms with Gasteiger partial charge in [-0.05, 0) is 39.3 Å². The Morgan fingerprint density at radius 1 is 1.50 bits per heavy atom. The molecular formula is C12H19NS. The molecule has 0 amide bonds. The first kappa shape index (κ1) is 11.5. The first-order chi connectivity index (χ1) is 6.63. The van der Waals surface area contributed by atoms with Crippen molar-refractivity contribution in [1.29, 1.82) is 0 Å². The van der Waals surface area contributed by atoms with E-state index in [4.69, 9.17) is 0 Å². The van der Waals surface area contributed by atoms with Gasteiger partial charge in [-0.25, -0.2) is 0 Å². The summed E-state index contributed by atoms with van der Waals surface area (Å²) in [6, 6.07) is 5.34. The minimum absolute atomic E-state index is 0.448. The molecule has 0 aliphatic heterocycles. The van der Waals surface area contributed by atoms with Crippen molar-refractivity contribution in [2.45, 2.75) is 39.3 Å². The Balaban J connectivity index is 2.49. The Morgan fingerprint density at radius 3 is 2.71 bits per heavy atom. The molecule has 1 aromatic rings. The molecule has 0 aromatic carbocycles. The monoisotopic (exact) mass is 209 g/mol. The highest BCUT2D eigenvalue weighted by atomic mass is 32.1. The van der Waals surface area contributed by atoms with Gasteiger partial charge < -0.3 is 5.32 Å². The van der Waals surface area contributed by atoms with E-state index in [0.717, 1.165) is 6.42 Å². The maximum Gasteiger partial charge on any atom is 0.0388 e. The van der Waals surface area contributed by atoms with Gasteiger partial charge in [0.15, 0.2) is 0 Å². The van der Waals surface area contributed by atoms with Crippen LogP contribution in [0.5, 0.6) is 0 Å². The van der Waals surface area contributed by atoms with Crippen LogP contribution in [0.25, 0.3) is 0 Å². The minimum atomic E-state index is 0.448. The molecule has 2 atom stereocenters. The summed E-state index contributed by atoms with van der Waals surface area (Å²) in [7, 11) is 0. The van der Waals surface area contributed by atoms with Crippen LogP contribution in [0.15, 0.2) is 24.8 Å². The topological polar surface area (TPSA) is 12.0 Å². The maximum absolute atomic E-state index is 3.75. The zero-order chi connectivity index (χ0) is 10.6. The van der Waals surface area contributed by atoms with Crippen molar-refractivity contribution in [1.82, 2.24) is 5.32 Å². The predicted octanol–water partition coefficient (Wildman–Crippen LogP) is 3.67. The number of hydrogen-bond acceptors (Lipinski definition) is 2. The largest absolute Gasteiger partial charge is 0.307 e. The van der Waals surface area contributed by atoms with E-state index in [-0.39, 0.29) is 0 Å². The summed E-state index contributed by atoms with van der Waals surface area (Å²) < 4.78 is 0. The van der Waals surface area contributed by atoms with Gasteiger partial charge >= 0.3 is 0 Å². The fraction of sp³-hybridized carbons (Fsp3) is 0.500. The van der Waals surface area contributed by atoms with Crippen LogP contribution in [0.3, 0.4) is 0 Å². The Bertz CT molecular complexity index is 290. The van der Waals surface area contributed by atoms with Gasteiger partial charge in [-0.1, -0.05) is 6.08 Å². The first-order valence-electron chi connectivity index (χ1n) is 5.06.